The van der Waals surface area contributed by atoms with Crippen molar-refractivity contribution in [3.63, 3.8) is 0 Å². The van der Waals surface area contributed by atoms with Crippen molar-refractivity contribution in [1.29, 1.82) is 0 Å². The maximum atomic E-state index is 12.1. The first-order chi connectivity index (χ1) is 10.1. The van der Waals surface area contributed by atoms with E-state index in [2.05, 4.69) is 15.3 Å². The molecular weight excluding hydrogens is 268 g/mol. The molecule has 0 spiro atoms. The molecule has 2 heterocycles. The number of fused-ring (bicyclic) bond motifs is 1. The molecule has 2 amide bonds. The predicted octanol–water partition coefficient (Wildman–Crippen LogP) is 1.91. The zero-order valence-corrected chi connectivity index (χ0v) is 11.0. The average molecular weight is 280 g/mol. The molecule has 2 aromatic heterocycles. The number of aromatic amines is 1. The van der Waals surface area contributed by atoms with Gasteiger partial charge in [0.15, 0.2) is 0 Å². The number of rotatable bonds is 3. The highest BCUT2D eigenvalue weighted by atomic mass is 16.2. The van der Waals surface area contributed by atoms with Crippen molar-refractivity contribution < 1.29 is 9.59 Å². The van der Waals surface area contributed by atoms with E-state index in [0.29, 0.717) is 16.9 Å². The Hall–Kier alpha value is -3.15. The highest BCUT2D eigenvalue weighted by Gasteiger charge is 2.10. The monoisotopic (exact) mass is 280 g/mol. The van der Waals surface area contributed by atoms with Gasteiger partial charge in [-0.05, 0) is 42.5 Å². The van der Waals surface area contributed by atoms with Crippen LogP contribution >= 0.6 is 0 Å². The van der Waals surface area contributed by atoms with Crippen LogP contribution in [0, 0.1) is 0 Å². The van der Waals surface area contributed by atoms with Crippen molar-refractivity contribution >= 4 is 28.5 Å². The summed E-state index contributed by atoms with van der Waals surface area (Å²) in [6.07, 6.45) is 1.67. The quantitative estimate of drug-likeness (QED) is 0.683. The normalized spacial score (nSPS) is 10.5. The van der Waals surface area contributed by atoms with Crippen LogP contribution in [0.25, 0.3) is 11.0 Å². The first-order valence-corrected chi connectivity index (χ1v) is 6.28. The van der Waals surface area contributed by atoms with Gasteiger partial charge < -0.3 is 16.0 Å². The summed E-state index contributed by atoms with van der Waals surface area (Å²) in [6.45, 7) is 0. The van der Waals surface area contributed by atoms with Crippen LogP contribution in [0.5, 0.6) is 0 Å². The van der Waals surface area contributed by atoms with Crippen LogP contribution in [0.4, 0.5) is 5.69 Å². The molecular formula is C15H12N4O2. The van der Waals surface area contributed by atoms with Gasteiger partial charge in [-0.2, -0.15) is 0 Å². The lowest BCUT2D eigenvalue weighted by Gasteiger charge is -2.04. The smallest absolute Gasteiger partial charge is 0.272 e. The molecule has 1 aromatic carbocycles. The molecule has 3 rings (SSSR count). The maximum absolute atomic E-state index is 12.1. The lowest BCUT2D eigenvalue weighted by atomic mass is 10.2. The number of nitrogens with zero attached hydrogens (tertiary/aromatic N) is 1. The predicted molar refractivity (Wildman–Crippen MR) is 79.0 cm³/mol. The van der Waals surface area contributed by atoms with E-state index in [-0.39, 0.29) is 5.91 Å². The number of nitrogens with one attached hydrogen (secondary N) is 2. The summed E-state index contributed by atoms with van der Waals surface area (Å²) in [7, 11) is 0. The fourth-order valence-corrected chi connectivity index (χ4v) is 1.99. The SMILES string of the molecule is NC(=O)c1ccc(NC(=O)c2cc3ncccc3[nH]2)cc1. The number of amides is 2. The van der Waals surface area contributed by atoms with E-state index < -0.39 is 5.91 Å². The molecule has 0 saturated heterocycles. The minimum absolute atomic E-state index is 0.278. The fraction of sp³-hybridized carbons (Fsp3) is 0. The molecule has 6 nitrogen and oxygen atoms in total. The lowest BCUT2D eigenvalue weighted by molar-refractivity contribution is 0.0998. The number of benzene rings is 1. The molecule has 0 saturated carbocycles. The molecule has 0 aliphatic rings. The number of hydrogen-bond donors (Lipinski definition) is 3. The lowest BCUT2D eigenvalue weighted by Crippen LogP contribution is -2.13. The summed E-state index contributed by atoms with van der Waals surface area (Å²) >= 11 is 0. The third kappa shape index (κ3) is 2.59. The van der Waals surface area contributed by atoms with E-state index in [9.17, 15) is 9.59 Å². The Bertz CT molecular complexity index is 788. The summed E-state index contributed by atoms with van der Waals surface area (Å²) in [5.41, 5.74) is 8.08. The molecule has 0 bridgehead atoms. The van der Waals surface area contributed by atoms with Gasteiger partial charge in [0.25, 0.3) is 5.91 Å². The van der Waals surface area contributed by atoms with Crippen molar-refractivity contribution in [1.82, 2.24) is 9.97 Å². The second-order valence-corrected chi connectivity index (χ2v) is 4.51. The van der Waals surface area contributed by atoms with Crippen molar-refractivity contribution in [2.45, 2.75) is 0 Å². The van der Waals surface area contributed by atoms with Gasteiger partial charge in [-0.25, -0.2) is 0 Å². The van der Waals surface area contributed by atoms with Gasteiger partial charge in [-0.1, -0.05) is 0 Å². The highest BCUT2D eigenvalue weighted by Crippen LogP contribution is 2.14. The Kier molecular flexibility index (Phi) is 3.12. The topological polar surface area (TPSA) is 101 Å². The summed E-state index contributed by atoms with van der Waals surface area (Å²) in [6, 6.07) is 11.7. The Morgan fingerprint density at radius 2 is 1.90 bits per heavy atom. The molecule has 4 N–H and O–H groups in total. The number of aromatic nitrogens is 2. The Balaban J connectivity index is 1.80. The first kappa shape index (κ1) is 12.9. The molecule has 0 fully saturated rings. The van der Waals surface area contributed by atoms with E-state index in [1.54, 1.807) is 42.6 Å². The van der Waals surface area contributed by atoms with Gasteiger partial charge in [-0.3, -0.25) is 14.6 Å². The van der Waals surface area contributed by atoms with Crippen LogP contribution in [0.3, 0.4) is 0 Å². The van der Waals surface area contributed by atoms with Crippen LogP contribution in [0.15, 0.2) is 48.7 Å². The number of carbonyl (C=O) groups excluding carboxylic acids is 2. The van der Waals surface area contributed by atoms with E-state index in [0.717, 1.165) is 11.0 Å². The van der Waals surface area contributed by atoms with Gasteiger partial charge in [0.05, 0.1) is 11.0 Å². The molecule has 0 aliphatic carbocycles. The summed E-state index contributed by atoms with van der Waals surface area (Å²) in [5.74, 6) is -0.783. The number of anilines is 1. The fourth-order valence-electron chi connectivity index (χ4n) is 1.99. The first-order valence-electron chi connectivity index (χ1n) is 6.28. The molecule has 0 unspecified atom stereocenters. The Morgan fingerprint density at radius 1 is 1.14 bits per heavy atom. The Morgan fingerprint density at radius 3 is 2.57 bits per heavy atom. The van der Waals surface area contributed by atoms with Gasteiger partial charge in [0.2, 0.25) is 5.91 Å². The van der Waals surface area contributed by atoms with Crippen molar-refractivity contribution in [2.75, 3.05) is 5.32 Å². The van der Waals surface area contributed by atoms with Crippen LogP contribution in [0.1, 0.15) is 20.8 Å². The largest absolute Gasteiger partial charge is 0.366 e. The number of carbonyl (C=O) groups is 2. The summed E-state index contributed by atoms with van der Waals surface area (Å²) < 4.78 is 0. The third-order valence-electron chi connectivity index (χ3n) is 3.06. The van der Waals surface area contributed by atoms with Crippen molar-refractivity contribution in [3.8, 4) is 0 Å². The minimum Gasteiger partial charge on any atom is -0.366 e. The molecule has 21 heavy (non-hydrogen) atoms. The van der Waals surface area contributed by atoms with Crippen LogP contribution in [-0.2, 0) is 0 Å². The molecule has 104 valence electrons. The minimum atomic E-state index is -0.505. The summed E-state index contributed by atoms with van der Waals surface area (Å²) in [4.78, 5) is 30.3. The van der Waals surface area contributed by atoms with Crippen molar-refractivity contribution in [3.05, 3.63) is 59.9 Å². The second kappa shape index (κ2) is 5.09. The van der Waals surface area contributed by atoms with E-state index in [4.69, 9.17) is 5.73 Å². The van der Waals surface area contributed by atoms with Gasteiger partial charge in [0, 0.05) is 17.4 Å². The molecule has 6 heteroatoms. The van der Waals surface area contributed by atoms with Gasteiger partial charge in [0.1, 0.15) is 5.69 Å². The number of pyridine rings is 1. The van der Waals surface area contributed by atoms with Crippen LogP contribution in [0.2, 0.25) is 0 Å². The molecule has 3 aromatic rings. The standard InChI is InChI=1S/C15H12N4O2/c16-14(20)9-3-5-10(6-4-9)18-15(21)13-8-12-11(19-13)2-1-7-17-12/h1-8,19H,(H2,16,20)(H,18,21). The van der Waals surface area contributed by atoms with E-state index in [1.807, 2.05) is 6.07 Å². The van der Waals surface area contributed by atoms with E-state index in [1.165, 1.54) is 0 Å². The summed E-state index contributed by atoms with van der Waals surface area (Å²) in [5, 5.41) is 2.74. The zero-order valence-electron chi connectivity index (χ0n) is 11.0. The highest BCUT2D eigenvalue weighted by molar-refractivity contribution is 6.05. The zero-order chi connectivity index (χ0) is 14.8. The second-order valence-electron chi connectivity index (χ2n) is 4.51. The molecule has 0 aliphatic heterocycles. The van der Waals surface area contributed by atoms with Crippen LogP contribution in [-0.4, -0.2) is 21.8 Å². The van der Waals surface area contributed by atoms with Crippen LogP contribution < -0.4 is 11.1 Å². The van der Waals surface area contributed by atoms with E-state index >= 15 is 0 Å². The van der Waals surface area contributed by atoms with Gasteiger partial charge >= 0.3 is 0 Å². The average Bonchev–Trinajstić information content (AvgIpc) is 2.92. The number of H-pyrrole nitrogens is 1. The number of primary amides is 1. The molecule has 0 atom stereocenters. The third-order valence-corrected chi connectivity index (χ3v) is 3.06. The van der Waals surface area contributed by atoms with Gasteiger partial charge in [-0.15, -0.1) is 0 Å². The maximum Gasteiger partial charge on any atom is 0.272 e. The number of hydrogen-bond acceptors (Lipinski definition) is 3. The van der Waals surface area contributed by atoms with Crippen molar-refractivity contribution in [2.24, 2.45) is 5.73 Å². The number of nitrogens with two attached hydrogens (primary N) is 1. The molecule has 0 radical (unpaired) electrons. The Labute approximate surface area is 120 Å².